The van der Waals surface area contributed by atoms with Crippen molar-refractivity contribution in [2.45, 2.75) is 37.8 Å². The van der Waals surface area contributed by atoms with Crippen LogP contribution in [0.15, 0.2) is 11.0 Å². The second-order valence-electron chi connectivity index (χ2n) is 3.90. The fourth-order valence-electron chi connectivity index (χ4n) is 1.33. The summed E-state index contributed by atoms with van der Waals surface area (Å²) in [6, 6.07) is 0.749. The highest BCUT2D eigenvalue weighted by Crippen LogP contribution is 2.41. The van der Waals surface area contributed by atoms with E-state index in [1.54, 1.807) is 13.8 Å². The van der Waals surface area contributed by atoms with E-state index < -0.39 is 20.9 Å². The molecule has 0 amide bonds. The van der Waals surface area contributed by atoms with E-state index in [0.717, 1.165) is 6.07 Å². The molecule has 1 aromatic rings. The van der Waals surface area contributed by atoms with Crippen molar-refractivity contribution in [3.05, 3.63) is 15.8 Å². The highest BCUT2D eigenvalue weighted by atomic mass is 32.2. The lowest BCUT2D eigenvalue weighted by Crippen LogP contribution is -2.06. The van der Waals surface area contributed by atoms with Crippen LogP contribution in [0, 0.1) is 0 Å². The van der Waals surface area contributed by atoms with Gasteiger partial charge >= 0.3 is 6.18 Å². The minimum Gasteiger partial charge on any atom is -0.224 e. The molecule has 0 N–H and O–H groups in total. The molecule has 1 heterocycles. The second kappa shape index (κ2) is 4.61. The average molecular weight is 286 g/mol. The Morgan fingerprint density at radius 1 is 1.35 bits per heavy atom. The third kappa shape index (κ3) is 3.01. The summed E-state index contributed by atoms with van der Waals surface area (Å²) < 4.78 is 61.1. The summed E-state index contributed by atoms with van der Waals surface area (Å²) in [5, 5.41) is 0. The van der Waals surface area contributed by atoms with Gasteiger partial charge in [0.1, 0.15) is 4.88 Å². The molecule has 0 aliphatic rings. The van der Waals surface area contributed by atoms with Crippen LogP contribution in [0.4, 0.5) is 13.2 Å². The van der Waals surface area contributed by atoms with Gasteiger partial charge in [0.2, 0.25) is 0 Å². The van der Waals surface area contributed by atoms with E-state index in [1.165, 1.54) is 6.92 Å². The van der Waals surface area contributed by atoms with Crippen LogP contribution in [0.5, 0.6) is 0 Å². The van der Waals surface area contributed by atoms with Crippen molar-refractivity contribution in [1.82, 2.24) is 0 Å². The van der Waals surface area contributed by atoms with Crippen LogP contribution in [-0.4, -0.2) is 14.2 Å². The molecule has 0 unspecified atom stereocenters. The molecule has 0 fully saturated rings. The lowest BCUT2D eigenvalue weighted by molar-refractivity contribution is -0.134. The zero-order valence-electron chi connectivity index (χ0n) is 9.63. The predicted octanol–water partition coefficient (Wildman–Crippen LogP) is 3.68. The van der Waals surface area contributed by atoms with Gasteiger partial charge in [-0.05, 0) is 12.0 Å². The number of thiophene rings is 1. The fourth-order valence-corrected chi connectivity index (χ4v) is 3.98. The van der Waals surface area contributed by atoms with Gasteiger partial charge in [0.25, 0.3) is 0 Å². The summed E-state index contributed by atoms with van der Waals surface area (Å²) in [4.78, 5) is -0.750. The highest BCUT2D eigenvalue weighted by molar-refractivity contribution is 7.91. The largest absolute Gasteiger partial charge is 0.425 e. The van der Waals surface area contributed by atoms with E-state index >= 15 is 0 Å². The SMILES string of the molecule is CCS(=O)(=O)c1cc(C(F)(F)F)sc1C(C)C. The maximum absolute atomic E-state index is 12.6. The van der Waals surface area contributed by atoms with Crippen molar-refractivity contribution in [2.75, 3.05) is 5.75 Å². The first-order valence-electron chi connectivity index (χ1n) is 5.03. The zero-order chi connectivity index (χ0) is 13.4. The van der Waals surface area contributed by atoms with E-state index in [-0.39, 0.29) is 21.4 Å². The minimum atomic E-state index is -4.49. The zero-order valence-corrected chi connectivity index (χ0v) is 11.3. The Bertz CT molecular complexity index is 498. The molecule has 0 spiro atoms. The summed E-state index contributed by atoms with van der Waals surface area (Å²) in [5.41, 5.74) is 0. The van der Waals surface area contributed by atoms with Gasteiger partial charge in [-0.2, -0.15) is 13.2 Å². The molecule has 0 aliphatic heterocycles. The number of alkyl halides is 3. The summed E-state index contributed by atoms with van der Waals surface area (Å²) >= 11 is 0.513. The molecule has 98 valence electrons. The van der Waals surface area contributed by atoms with Gasteiger partial charge in [-0.3, -0.25) is 0 Å². The molecule has 2 nitrogen and oxygen atoms in total. The topological polar surface area (TPSA) is 34.1 Å². The Hall–Kier alpha value is -0.560. The van der Waals surface area contributed by atoms with E-state index in [9.17, 15) is 21.6 Å². The molecule has 0 atom stereocenters. The minimum absolute atomic E-state index is 0.174. The Balaban J connectivity index is 3.45. The van der Waals surface area contributed by atoms with Crippen molar-refractivity contribution in [3.63, 3.8) is 0 Å². The number of sulfone groups is 1. The Morgan fingerprint density at radius 3 is 2.24 bits per heavy atom. The van der Waals surface area contributed by atoms with E-state index in [4.69, 9.17) is 0 Å². The quantitative estimate of drug-likeness (QED) is 0.849. The summed E-state index contributed by atoms with van der Waals surface area (Å²) in [6.07, 6.45) is -4.49. The Labute approximate surface area is 102 Å². The summed E-state index contributed by atoms with van der Waals surface area (Å²) in [6.45, 7) is 4.78. The Morgan fingerprint density at radius 2 is 1.88 bits per heavy atom. The van der Waals surface area contributed by atoms with Crippen molar-refractivity contribution >= 4 is 21.2 Å². The maximum atomic E-state index is 12.6. The number of hydrogen-bond donors (Lipinski definition) is 0. The van der Waals surface area contributed by atoms with Gasteiger partial charge in [0.15, 0.2) is 9.84 Å². The fraction of sp³-hybridized carbons (Fsp3) is 0.600. The van der Waals surface area contributed by atoms with Gasteiger partial charge in [0.05, 0.1) is 10.6 Å². The molecule has 0 saturated heterocycles. The van der Waals surface area contributed by atoms with Crippen molar-refractivity contribution in [2.24, 2.45) is 0 Å². The van der Waals surface area contributed by atoms with Crippen LogP contribution in [0.3, 0.4) is 0 Å². The molecule has 0 aromatic carbocycles. The maximum Gasteiger partial charge on any atom is 0.425 e. The van der Waals surface area contributed by atoms with Crippen molar-refractivity contribution in [3.8, 4) is 0 Å². The van der Waals surface area contributed by atoms with Gasteiger partial charge in [0, 0.05) is 4.88 Å². The summed E-state index contributed by atoms with van der Waals surface area (Å²) in [5.74, 6) is -0.437. The molecular formula is C10H13F3O2S2. The molecule has 1 aromatic heterocycles. The standard InChI is InChI=1S/C10H13F3O2S2/c1-4-17(14,15)7-5-8(10(11,12)13)16-9(7)6(2)3/h5-6H,4H2,1-3H3. The number of halogens is 3. The van der Waals surface area contributed by atoms with Gasteiger partial charge in [-0.25, -0.2) is 8.42 Å². The number of rotatable bonds is 3. The molecule has 0 radical (unpaired) electrons. The van der Waals surface area contributed by atoms with Crippen LogP contribution in [-0.2, 0) is 16.0 Å². The number of hydrogen-bond acceptors (Lipinski definition) is 3. The van der Waals surface area contributed by atoms with Crippen LogP contribution >= 0.6 is 11.3 Å². The van der Waals surface area contributed by atoms with Crippen LogP contribution in [0.25, 0.3) is 0 Å². The molecule has 0 saturated carbocycles. The lowest BCUT2D eigenvalue weighted by atomic mass is 10.2. The van der Waals surface area contributed by atoms with Crippen molar-refractivity contribution < 1.29 is 21.6 Å². The van der Waals surface area contributed by atoms with E-state index in [1.807, 2.05) is 0 Å². The third-order valence-electron chi connectivity index (χ3n) is 2.24. The van der Waals surface area contributed by atoms with Crippen molar-refractivity contribution in [1.29, 1.82) is 0 Å². The van der Waals surface area contributed by atoms with Crippen LogP contribution in [0.2, 0.25) is 0 Å². The van der Waals surface area contributed by atoms with Gasteiger partial charge in [-0.1, -0.05) is 20.8 Å². The lowest BCUT2D eigenvalue weighted by Gasteiger charge is -2.05. The molecule has 0 aliphatic carbocycles. The molecule has 17 heavy (non-hydrogen) atoms. The molecule has 0 bridgehead atoms. The summed E-state index contributed by atoms with van der Waals surface area (Å²) in [7, 11) is -3.60. The first-order chi connectivity index (χ1) is 7.59. The Kier molecular flexibility index (Phi) is 3.93. The van der Waals surface area contributed by atoms with E-state index in [0.29, 0.717) is 11.3 Å². The molecule has 1 rings (SSSR count). The normalized spacial score (nSPS) is 13.4. The van der Waals surface area contributed by atoms with E-state index in [2.05, 4.69) is 0 Å². The van der Waals surface area contributed by atoms with Crippen LogP contribution in [0.1, 0.15) is 36.4 Å². The van der Waals surface area contributed by atoms with Gasteiger partial charge < -0.3 is 0 Å². The molecular weight excluding hydrogens is 273 g/mol. The average Bonchev–Trinajstić information content (AvgIpc) is 2.61. The second-order valence-corrected chi connectivity index (χ2v) is 7.23. The highest BCUT2D eigenvalue weighted by Gasteiger charge is 2.36. The monoisotopic (exact) mass is 286 g/mol. The first kappa shape index (κ1) is 14.5. The van der Waals surface area contributed by atoms with Crippen LogP contribution < -0.4 is 0 Å². The first-order valence-corrected chi connectivity index (χ1v) is 7.50. The third-order valence-corrected chi connectivity index (χ3v) is 5.62. The van der Waals surface area contributed by atoms with Gasteiger partial charge in [-0.15, -0.1) is 11.3 Å². The predicted molar refractivity (Wildman–Crippen MR) is 61.1 cm³/mol. The smallest absolute Gasteiger partial charge is 0.224 e. The molecule has 7 heteroatoms.